The van der Waals surface area contributed by atoms with Crippen LogP contribution in [0, 0.1) is 10.1 Å². The Balaban J connectivity index is 0.00000320. The van der Waals surface area contributed by atoms with Crippen LogP contribution >= 0.6 is 0 Å². The first-order chi connectivity index (χ1) is 13.8. The van der Waals surface area contributed by atoms with E-state index in [-0.39, 0.29) is 33.9 Å². The minimum Gasteiger partial charge on any atom is -0.506 e. The molecule has 30 heavy (non-hydrogen) atoms. The molecule has 11 heteroatoms. The van der Waals surface area contributed by atoms with Gasteiger partial charge in [0.25, 0.3) is 11.6 Å². The van der Waals surface area contributed by atoms with Gasteiger partial charge in [-0.1, -0.05) is 18.2 Å². The summed E-state index contributed by atoms with van der Waals surface area (Å²) in [6.07, 6.45) is 0. The Bertz CT molecular complexity index is 1120. The van der Waals surface area contributed by atoms with Gasteiger partial charge in [0, 0.05) is 46.4 Å². The smallest absolute Gasteiger partial charge is 0.272 e. The number of benzene rings is 3. The largest absolute Gasteiger partial charge is 0.506 e. The molecule has 0 fully saturated rings. The number of nitrogens with two attached hydrogens (primary N) is 1. The predicted molar refractivity (Wildman–Crippen MR) is 105 cm³/mol. The molecule has 3 aromatic carbocycles. The fraction of sp³-hybridized carbons (Fsp3) is 0. The number of nitrogens with zero attached hydrogens (tertiary/aromatic N) is 3. The third kappa shape index (κ3) is 5.09. The molecule has 0 aromatic heterocycles. The molecule has 0 saturated heterocycles. The number of primary amides is 1. The van der Waals surface area contributed by atoms with Gasteiger partial charge in [0.15, 0.2) is 5.75 Å². The van der Waals surface area contributed by atoms with E-state index in [1.807, 2.05) is 30.3 Å². The number of nitro groups is 1. The molecule has 0 aliphatic heterocycles. The average molecular weight is 452 g/mol. The van der Waals surface area contributed by atoms with Crippen LogP contribution in [0.1, 0.15) is 10.4 Å². The first kappa shape index (κ1) is 22.3. The third-order valence-corrected chi connectivity index (χ3v) is 3.85. The number of hydrogen-bond donors (Lipinski definition) is 4. The Morgan fingerprint density at radius 1 is 0.967 bits per heavy atom. The van der Waals surface area contributed by atoms with Gasteiger partial charge in [-0.25, -0.2) is 0 Å². The van der Waals surface area contributed by atoms with Crippen molar-refractivity contribution in [3.05, 3.63) is 76.3 Å². The molecule has 0 spiro atoms. The molecule has 1 amide bonds. The van der Waals surface area contributed by atoms with Crippen LogP contribution in [0.25, 0.3) is 0 Å². The molecule has 0 saturated carbocycles. The number of carbonyl (C=O) groups is 1. The zero-order valence-corrected chi connectivity index (χ0v) is 16.2. The van der Waals surface area contributed by atoms with Crippen LogP contribution in [-0.2, 0) is 16.8 Å². The standard InChI is InChI=1S/C19H15N5O5.Co/c20-19(27)14-9-13(24(28)29)10-16(18(14)26)23-22-15-7-6-12(8-17(15)25)21-11-4-2-1-3-5-11;/h1-10,21,25-26H,(H2,20,27);. The van der Waals surface area contributed by atoms with E-state index < -0.39 is 27.8 Å². The third-order valence-electron chi connectivity index (χ3n) is 3.85. The molecular weight excluding hydrogens is 437 g/mol. The van der Waals surface area contributed by atoms with Gasteiger partial charge in [0.05, 0.1) is 10.5 Å². The zero-order chi connectivity index (χ0) is 21.0. The number of carbonyl (C=O) groups excluding carboxylic acids is 1. The van der Waals surface area contributed by atoms with E-state index in [9.17, 15) is 25.1 Å². The number of phenols is 2. The van der Waals surface area contributed by atoms with Gasteiger partial charge in [-0.2, -0.15) is 0 Å². The van der Waals surface area contributed by atoms with E-state index in [1.165, 1.54) is 12.1 Å². The molecule has 1 radical (unpaired) electrons. The first-order valence-electron chi connectivity index (χ1n) is 8.23. The number of anilines is 2. The molecule has 5 N–H and O–H groups in total. The average Bonchev–Trinajstić information content (AvgIpc) is 2.68. The normalized spacial score (nSPS) is 10.4. The summed E-state index contributed by atoms with van der Waals surface area (Å²) >= 11 is 0. The molecule has 3 rings (SSSR count). The van der Waals surface area contributed by atoms with Crippen molar-refractivity contribution < 1.29 is 36.7 Å². The van der Waals surface area contributed by atoms with Crippen molar-refractivity contribution in [1.82, 2.24) is 0 Å². The number of rotatable bonds is 6. The van der Waals surface area contributed by atoms with Crippen LogP contribution in [-0.4, -0.2) is 21.0 Å². The summed E-state index contributed by atoms with van der Waals surface area (Å²) in [5.41, 5.74) is 5.31. The minimum absolute atomic E-state index is 0. The fourth-order valence-electron chi connectivity index (χ4n) is 2.46. The second-order valence-electron chi connectivity index (χ2n) is 5.88. The Morgan fingerprint density at radius 3 is 2.23 bits per heavy atom. The van der Waals surface area contributed by atoms with Crippen LogP contribution in [0.15, 0.2) is 70.9 Å². The number of non-ortho nitro benzene ring substituents is 1. The number of nitrogens with one attached hydrogen (secondary N) is 1. The van der Waals surface area contributed by atoms with Gasteiger partial charge in [0.2, 0.25) is 0 Å². The van der Waals surface area contributed by atoms with Crippen molar-refractivity contribution in [2.45, 2.75) is 0 Å². The molecule has 3 aromatic rings. The van der Waals surface area contributed by atoms with Crippen molar-refractivity contribution in [3.8, 4) is 11.5 Å². The summed E-state index contributed by atoms with van der Waals surface area (Å²) in [5.74, 6) is -1.91. The van der Waals surface area contributed by atoms with Gasteiger partial charge in [-0.3, -0.25) is 14.9 Å². The van der Waals surface area contributed by atoms with Crippen molar-refractivity contribution in [2.75, 3.05) is 5.32 Å². The number of phenolic OH excluding ortho intramolecular Hbond substituents is 1. The first-order valence-corrected chi connectivity index (χ1v) is 8.23. The Hall–Kier alpha value is -3.96. The molecular formula is C19H15CoN5O5. The molecule has 0 atom stereocenters. The van der Waals surface area contributed by atoms with E-state index in [4.69, 9.17) is 5.73 Å². The molecule has 0 aliphatic carbocycles. The van der Waals surface area contributed by atoms with E-state index >= 15 is 0 Å². The van der Waals surface area contributed by atoms with E-state index in [2.05, 4.69) is 15.5 Å². The summed E-state index contributed by atoms with van der Waals surface area (Å²) in [7, 11) is 0. The van der Waals surface area contributed by atoms with Crippen LogP contribution < -0.4 is 11.1 Å². The SMILES string of the molecule is NC(=O)c1cc([N+](=O)[O-])cc(N=Nc2ccc(Nc3ccccc3)cc2O)c1O.[Co]. The van der Waals surface area contributed by atoms with Gasteiger partial charge < -0.3 is 21.3 Å². The molecule has 0 unspecified atom stereocenters. The van der Waals surface area contributed by atoms with Gasteiger partial charge in [0.1, 0.15) is 17.1 Å². The Kier molecular flexibility index (Phi) is 7.06. The topological polar surface area (TPSA) is 163 Å². The summed E-state index contributed by atoms with van der Waals surface area (Å²) in [6, 6.07) is 15.6. The number of amides is 1. The van der Waals surface area contributed by atoms with Crippen LogP contribution in [0.5, 0.6) is 11.5 Å². The second-order valence-corrected chi connectivity index (χ2v) is 5.88. The van der Waals surface area contributed by atoms with Crippen molar-refractivity contribution in [3.63, 3.8) is 0 Å². The van der Waals surface area contributed by atoms with E-state index in [0.717, 1.165) is 17.8 Å². The molecule has 0 heterocycles. The van der Waals surface area contributed by atoms with Crippen LogP contribution in [0.4, 0.5) is 28.4 Å². The van der Waals surface area contributed by atoms with Crippen LogP contribution in [0.3, 0.4) is 0 Å². The van der Waals surface area contributed by atoms with E-state index in [0.29, 0.717) is 5.69 Å². The maximum atomic E-state index is 11.4. The number of azo groups is 1. The van der Waals surface area contributed by atoms with Crippen LogP contribution in [0.2, 0.25) is 0 Å². The molecule has 155 valence electrons. The van der Waals surface area contributed by atoms with Crippen molar-refractivity contribution >= 4 is 34.3 Å². The number of para-hydroxylation sites is 1. The molecule has 0 aliphatic rings. The summed E-state index contributed by atoms with van der Waals surface area (Å²) < 4.78 is 0. The maximum Gasteiger partial charge on any atom is 0.272 e. The fourth-order valence-corrected chi connectivity index (χ4v) is 2.46. The molecule has 10 nitrogen and oxygen atoms in total. The minimum atomic E-state index is -1.05. The number of aromatic hydroxyl groups is 2. The molecule has 0 bridgehead atoms. The maximum absolute atomic E-state index is 11.4. The Morgan fingerprint density at radius 2 is 1.63 bits per heavy atom. The van der Waals surface area contributed by atoms with E-state index in [1.54, 1.807) is 6.07 Å². The van der Waals surface area contributed by atoms with Gasteiger partial charge in [-0.15, -0.1) is 10.2 Å². The Labute approximate surface area is 180 Å². The summed E-state index contributed by atoms with van der Waals surface area (Å²) in [6.45, 7) is 0. The monoisotopic (exact) mass is 452 g/mol. The number of nitro benzene ring substituents is 1. The second kappa shape index (κ2) is 9.49. The van der Waals surface area contributed by atoms with Gasteiger partial charge >= 0.3 is 0 Å². The summed E-state index contributed by atoms with van der Waals surface area (Å²) in [5, 5.41) is 41.9. The number of hydrogen-bond acceptors (Lipinski definition) is 8. The summed E-state index contributed by atoms with van der Waals surface area (Å²) in [4.78, 5) is 21.6. The zero-order valence-electron chi connectivity index (χ0n) is 15.1. The van der Waals surface area contributed by atoms with Crippen molar-refractivity contribution in [1.29, 1.82) is 0 Å². The van der Waals surface area contributed by atoms with Crippen molar-refractivity contribution in [2.24, 2.45) is 16.0 Å². The van der Waals surface area contributed by atoms with Gasteiger partial charge in [-0.05, 0) is 24.3 Å². The quantitative estimate of drug-likeness (QED) is 0.248. The predicted octanol–water partition coefficient (Wildman–Crippen LogP) is 4.26.